The van der Waals surface area contributed by atoms with E-state index in [1.165, 1.54) is 11.8 Å². The van der Waals surface area contributed by atoms with Crippen molar-refractivity contribution in [1.29, 1.82) is 0 Å². The van der Waals surface area contributed by atoms with Gasteiger partial charge in [0.25, 0.3) is 5.91 Å². The zero-order chi connectivity index (χ0) is 17.9. The van der Waals surface area contributed by atoms with Crippen molar-refractivity contribution in [2.75, 3.05) is 0 Å². The normalized spacial score (nSPS) is 10.8. The van der Waals surface area contributed by atoms with Crippen LogP contribution in [0.2, 0.25) is 0 Å². The average Bonchev–Trinajstić information content (AvgIpc) is 3.15. The maximum Gasteiger partial charge on any atom is 0.271 e. The molecule has 4 rings (SSSR count). The Bertz CT molecular complexity index is 1070. The minimum absolute atomic E-state index is 0.253. The highest BCUT2D eigenvalue weighted by molar-refractivity contribution is 5.93. The van der Waals surface area contributed by atoms with E-state index in [1.807, 2.05) is 61.5 Å². The predicted octanol–water partition coefficient (Wildman–Crippen LogP) is 3.52. The fourth-order valence-electron chi connectivity index (χ4n) is 2.58. The van der Waals surface area contributed by atoms with Gasteiger partial charge in [0.15, 0.2) is 5.76 Å². The van der Waals surface area contributed by atoms with Crippen LogP contribution >= 0.6 is 0 Å². The number of nitrogens with zero attached hydrogens (tertiary/aromatic N) is 3. The average molecular weight is 344 g/mol. The summed E-state index contributed by atoms with van der Waals surface area (Å²) in [7, 11) is 0. The number of aryl methyl sites for hydroxylation is 1. The summed E-state index contributed by atoms with van der Waals surface area (Å²) in [6, 6.07) is 17.2. The molecule has 6 heteroatoms. The summed E-state index contributed by atoms with van der Waals surface area (Å²) in [5, 5.41) is 6.79. The van der Waals surface area contributed by atoms with Crippen molar-refractivity contribution in [1.82, 2.24) is 20.4 Å². The van der Waals surface area contributed by atoms with Crippen LogP contribution in [-0.4, -0.2) is 21.0 Å². The van der Waals surface area contributed by atoms with E-state index in [-0.39, 0.29) is 18.1 Å². The van der Waals surface area contributed by atoms with Crippen LogP contribution in [-0.2, 0) is 6.54 Å². The summed E-state index contributed by atoms with van der Waals surface area (Å²) >= 11 is 0. The van der Waals surface area contributed by atoms with Crippen LogP contribution in [0.4, 0.5) is 0 Å². The summed E-state index contributed by atoms with van der Waals surface area (Å²) in [6.07, 6.45) is 1.47. The summed E-state index contributed by atoms with van der Waals surface area (Å²) in [4.78, 5) is 20.9. The molecule has 0 aliphatic rings. The second-order valence-corrected chi connectivity index (χ2v) is 5.98. The number of aromatic nitrogens is 3. The van der Waals surface area contributed by atoms with E-state index in [1.54, 1.807) is 0 Å². The van der Waals surface area contributed by atoms with Gasteiger partial charge in [-0.15, -0.1) is 0 Å². The first-order valence-corrected chi connectivity index (χ1v) is 8.22. The number of hydrogen-bond donors (Lipinski definition) is 1. The highest BCUT2D eigenvalue weighted by atomic mass is 16.5. The lowest BCUT2D eigenvalue weighted by Gasteiger charge is -2.03. The minimum Gasteiger partial charge on any atom is -0.356 e. The Morgan fingerprint density at radius 1 is 1.08 bits per heavy atom. The van der Waals surface area contributed by atoms with Crippen LogP contribution in [0.3, 0.4) is 0 Å². The number of para-hydroxylation sites is 2. The molecule has 0 radical (unpaired) electrons. The van der Waals surface area contributed by atoms with E-state index in [9.17, 15) is 4.79 Å². The van der Waals surface area contributed by atoms with E-state index in [0.29, 0.717) is 17.0 Å². The van der Waals surface area contributed by atoms with Gasteiger partial charge in [0.2, 0.25) is 0 Å². The third-order valence-electron chi connectivity index (χ3n) is 4.01. The topological polar surface area (TPSA) is 80.9 Å². The van der Waals surface area contributed by atoms with Crippen molar-refractivity contribution in [2.45, 2.75) is 13.5 Å². The van der Waals surface area contributed by atoms with Crippen LogP contribution in [0.1, 0.15) is 21.7 Å². The van der Waals surface area contributed by atoms with Crippen molar-refractivity contribution in [3.05, 3.63) is 77.7 Å². The molecule has 26 heavy (non-hydrogen) atoms. The smallest absolute Gasteiger partial charge is 0.271 e. The second kappa shape index (κ2) is 6.76. The number of benzene rings is 2. The summed E-state index contributed by atoms with van der Waals surface area (Å²) in [5.41, 5.74) is 4.47. The van der Waals surface area contributed by atoms with Crippen molar-refractivity contribution in [2.24, 2.45) is 0 Å². The molecule has 4 aromatic rings. The largest absolute Gasteiger partial charge is 0.356 e. The van der Waals surface area contributed by atoms with E-state index < -0.39 is 0 Å². The lowest BCUT2D eigenvalue weighted by Crippen LogP contribution is -2.24. The highest BCUT2D eigenvalue weighted by Gasteiger charge is 2.11. The van der Waals surface area contributed by atoms with Crippen molar-refractivity contribution >= 4 is 16.9 Å². The Hall–Kier alpha value is -3.54. The first-order valence-electron chi connectivity index (χ1n) is 8.22. The maximum atomic E-state index is 12.3. The van der Waals surface area contributed by atoms with E-state index >= 15 is 0 Å². The molecule has 6 nitrogen and oxygen atoms in total. The van der Waals surface area contributed by atoms with Crippen LogP contribution in [0.25, 0.3) is 22.4 Å². The number of nitrogens with one attached hydrogen (secondary N) is 1. The number of fused-ring (bicyclic) bond motifs is 1. The molecule has 128 valence electrons. The van der Waals surface area contributed by atoms with Crippen LogP contribution in [0.5, 0.6) is 0 Å². The lowest BCUT2D eigenvalue weighted by molar-refractivity contribution is 0.0945. The van der Waals surface area contributed by atoms with Crippen molar-refractivity contribution in [3.8, 4) is 11.3 Å². The molecular weight excluding hydrogens is 328 g/mol. The van der Waals surface area contributed by atoms with Crippen LogP contribution in [0.15, 0.2) is 65.3 Å². The second-order valence-electron chi connectivity index (χ2n) is 5.98. The van der Waals surface area contributed by atoms with Gasteiger partial charge in [-0.25, -0.2) is 4.98 Å². The number of rotatable bonds is 4. The SMILES string of the molecule is Cc1ccc(-c2cc(CNC(=O)c3cnc4ccccc4n3)no2)cc1. The van der Waals surface area contributed by atoms with Crippen LogP contribution < -0.4 is 5.32 Å². The van der Waals surface area contributed by atoms with Gasteiger partial charge in [0.05, 0.1) is 23.8 Å². The Morgan fingerprint density at radius 3 is 2.65 bits per heavy atom. The van der Waals surface area contributed by atoms with Crippen molar-refractivity contribution in [3.63, 3.8) is 0 Å². The van der Waals surface area contributed by atoms with Gasteiger partial charge in [0.1, 0.15) is 11.4 Å². The number of hydrogen-bond acceptors (Lipinski definition) is 5. The molecular formula is C20H16N4O2. The fourth-order valence-corrected chi connectivity index (χ4v) is 2.58. The molecule has 2 aromatic carbocycles. The molecule has 0 atom stereocenters. The third kappa shape index (κ3) is 3.30. The third-order valence-corrected chi connectivity index (χ3v) is 4.01. The summed E-state index contributed by atoms with van der Waals surface area (Å²) in [5.74, 6) is 0.364. The first kappa shape index (κ1) is 16.0. The van der Waals surface area contributed by atoms with E-state index in [2.05, 4.69) is 20.4 Å². The van der Waals surface area contributed by atoms with Gasteiger partial charge >= 0.3 is 0 Å². The number of carbonyl (C=O) groups excluding carboxylic acids is 1. The molecule has 2 aromatic heterocycles. The Morgan fingerprint density at radius 2 is 1.85 bits per heavy atom. The van der Waals surface area contributed by atoms with Crippen LogP contribution in [0, 0.1) is 6.92 Å². The standard InChI is InChI=1S/C20H16N4O2/c1-13-6-8-14(9-7-13)19-10-15(24-26-19)11-22-20(25)18-12-21-16-4-2-3-5-17(16)23-18/h2-10,12H,11H2,1H3,(H,22,25). The van der Waals surface area contributed by atoms with Gasteiger partial charge in [-0.3, -0.25) is 9.78 Å². The van der Waals surface area contributed by atoms with Gasteiger partial charge < -0.3 is 9.84 Å². The monoisotopic (exact) mass is 344 g/mol. The van der Waals surface area contributed by atoms with E-state index in [4.69, 9.17) is 4.52 Å². The minimum atomic E-state index is -0.303. The molecule has 0 unspecified atom stereocenters. The quantitative estimate of drug-likeness (QED) is 0.612. The molecule has 0 aliphatic carbocycles. The molecule has 0 bridgehead atoms. The summed E-state index contributed by atoms with van der Waals surface area (Å²) < 4.78 is 5.36. The molecule has 0 fully saturated rings. The van der Waals surface area contributed by atoms with E-state index in [0.717, 1.165) is 11.1 Å². The van der Waals surface area contributed by atoms with Gasteiger partial charge in [0, 0.05) is 11.6 Å². The van der Waals surface area contributed by atoms with Gasteiger partial charge in [-0.2, -0.15) is 0 Å². The lowest BCUT2D eigenvalue weighted by atomic mass is 10.1. The maximum absolute atomic E-state index is 12.3. The summed E-state index contributed by atoms with van der Waals surface area (Å²) in [6.45, 7) is 2.28. The molecule has 2 heterocycles. The fraction of sp³-hybridized carbons (Fsp3) is 0.100. The molecule has 0 spiro atoms. The molecule has 0 saturated heterocycles. The molecule has 0 saturated carbocycles. The number of amides is 1. The zero-order valence-corrected chi connectivity index (χ0v) is 14.1. The van der Waals surface area contributed by atoms with Gasteiger partial charge in [-0.1, -0.05) is 47.1 Å². The Kier molecular flexibility index (Phi) is 4.15. The molecule has 1 N–H and O–H groups in total. The first-order chi connectivity index (χ1) is 12.7. The van der Waals surface area contributed by atoms with Gasteiger partial charge in [-0.05, 0) is 19.1 Å². The Labute approximate surface area is 149 Å². The Balaban J connectivity index is 1.45. The number of carbonyl (C=O) groups is 1. The van der Waals surface area contributed by atoms with Crippen molar-refractivity contribution < 1.29 is 9.32 Å². The molecule has 0 aliphatic heterocycles. The zero-order valence-electron chi connectivity index (χ0n) is 14.1. The highest BCUT2D eigenvalue weighted by Crippen LogP contribution is 2.20. The molecule has 1 amide bonds. The predicted molar refractivity (Wildman–Crippen MR) is 97.4 cm³/mol.